The third-order valence-corrected chi connectivity index (χ3v) is 1.88. The van der Waals surface area contributed by atoms with Crippen molar-refractivity contribution < 1.29 is 4.79 Å². The Morgan fingerprint density at radius 3 is 2.20 bits per heavy atom. The summed E-state index contributed by atoms with van der Waals surface area (Å²) in [7, 11) is 0. The molecule has 4 heteroatoms. The average Bonchev–Trinajstić information content (AvgIpc) is 2.14. The molecule has 1 rings (SSSR count). The molecule has 2 unspecified atom stereocenters. The zero-order chi connectivity index (χ0) is 6.85. The van der Waals surface area contributed by atoms with Gasteiger partial charge in [0.1, 0.15) is 0 Å². The van der Waals surface area contributed by atoms with Gasteiger partial charge in [0, 0.05) is 12.0 Å². The van der Waals surface area contributed by atoms with Crippen LogP contribution in [0, 0.1) is 5.92 Å². The lowest BCUT2D eigenvalue weighted by molar-refractivity contribution is -0.121. The van der Waals surface area contributed by atoms with E-state index in [1.165, 1.54) is 0 Å². The molecule has 4 N–H and O–H groups in total. The van der Waals surface area contributed by atoms with Gasteiger partial charge in [-0.2, -0.15) is 0 Å². The first kappa shape index (κ1) is 9.72. The maximum Gasteiger partial charge on any atom is 0.220 e. The first-order valence-corrected chi connectivity index (χ1v) is 3.25. The van der Waals surface area contributed by atoms with Crippen LogP contribution in [0.3, 0.4) is 0 Å². The molecule has 1 amide bonds. The van der Waals surface area contributed by atoms with E-state index in [0.29, 0.717) is 0 Å². The molecule has 0 heterocycles. The van der Waals surface area contributed by atoms with Crippen LogP contribution in [-0.4, -0.2) is 11.9 Å². The maximum absolute atomic E-state index is 10.5. The van der Waals surface area contributed by atoms with Crippen LogP contribution in [-0.2, 0) is 4.79 Å². The zero-order valence-electron chi connectivity index (χ0n) is 5.75. The Balaban J connectivity index is 0.000000810. The van der Waals surface area contributed by atoms with E-state index >= 15 is 0 Å². The summed E-state index contributed by atoms with van der Waals surface area (Å²) in [6, 6.07) is 0.211. The van der Waals surface area contributed by atoms with Crippen molar-refractivity contribution in [2.24, 2.45) is 17.4 Å². The highest BCUT2D eigenvalue weighted by molar-refractivity contribution is 5.85. The predicted molar refractivity (Wildman–Crippen MR) is 41.8 cm³/mol. The van der Waals surface area contributed by atoms with Crippen molar-refractivity contribution in [3.05, 3.63) is 0 Å². The Kier molecular flexibility index (Phi) is 3.68. The van der Waals surface area contributed by atoms with E-state index in [0.717, 1.165) is 19.3 Å². The van der Waals surface area contributed by atoms with Gasteiger partial charge in [0.25, 0.3) is 0 Å². The van der Waals surface area contributed by atoms with Gasteiger partial charge in [-0.15, -0.1) is 12.4 Å². The lowest BCUT2D eigenvalue weighted by Crippen LogP contribution is -2.23. The van der Waals surface area contributed by atoms with Crippen LogP contribution in [0.4, 0.5) is 0 Å². The highest BCUT2D eigenvalue weighted by atomic mass is 35.5. The fourth-order valence-corrected chi connectivity index (χ4v) is 1.27. The molecule has 0 spiro atoms. The second kappa shape index (κ2) is 3.78. The highest BCUT2D eigenvalue weighted by Crippen LogP contribution is 2.22. The number of nitrogens with two attached hydrogens (primary N) is 2. The lowest BCUT2D eigenvalue weighted by atomic mass is 10.1. The van der Waals surface area contributed by atoms with Crippen molar-refractivity contribution in [2.75, 3.05) is 0 Å². The van der Waals surface area contributed by atoms with Crippen LogP contribution in [0.1, 0.15) is 19.3 Å². The molecule has 10 heavy (non-hydrogen) atoms. The van der Waals surface area contributed by atoms with Crippen LogP contribution in [0.15, 0.2) is 0 Å². The summed E-state index contributed by atoms with van der Waals surface area (Å²) < 4.78 is 0. The standard InChI is InChI=1S/C6H12N2O.ClH/c7-5-2-1-4(3-5)6(8)9;/h4-5H,1-3,7H2,(H2,8,9);1H. The summed E-state index contributed by atoms with van der Waals surface area (Å²) in [5, 5.41) is 0. The largest absolute Gasteiger partial charge is 0.369 e. The summed E-state index contributed by atoms with van der Waals surface area (Å²) in [6.07, 6.45) is 2.62. The number of hydrogen-bond acceptors (Lipinski definition) is 2. The van der Waals surface area contributed by atoms with E-state index in [1.54, 1.807) is 0 Å². The molecule has 1 saturated carbocycles. The number of carbonyl (C=O) groups is 1. The molecule has 0 aromatic heterocycles. The molecule has 1 fully saturated rings. The molecule has 0 aliphatic heterocycles. The zero-order valence-corrected chi connectivity index (χ0v) is 6.56. The van der Waals surface area contributed by atoms with E-state index in [9.17, 15) is 4.79 Å². The van der Waals surface area contributed by atoms with Gasteiger partial charge in [0.2, 0.25) is 5.91 Å². The molecule has 0 radical (unpaired) electrons. The Bertz CT molecular complexity index is 129. The van der Waals surface area contributed by atoms with Gasteiger partial charge in [0.05, 0.1) is 0 Å². The van der Waals surface area contributed by atoms with Crippen LogP contribution in [0.5, 0.6) is 0 Å². The number of rotatable bonds is 1. The number of halogens is 1. The minimum atomic E-state index is -0.192. The highest BCUT2D eigenvalue weighted by Gasteiger charge is 2.25. The van der Waals surface area contributed by atoms with Gasteiger partial charge in [-0.1, -0.05) is 0 Å². The number of hydrogen-bond donors (Lipinski definition) is 2. The minimum Gasteiger partial charge on any atom is -0.369 e. The maximum atomic E-state index is 10.5. The summed E-state index contributed by atoms with van der Waals surface area (Å²) in [6.45, 7) is 0. The van der Waals surface area contributed by atoms with E-state index in [-0.39, 0.29) is 30.3 Å². The SMILES string of the molecule is Cl.NC(=O)C1CCC(N)C1. The molecule has 0 bridgehead atoms. The summed E-state index contributed by atoms with van der Waals surface area (Å²) in [4.78, 5) is 10.5. The van der Waals surface area contributed by atoms with Crippen LogP contribution < -0.4 is 11.5 Å². The van der Waals surface area contributed by atoms with Gasteiger partial charge < -0.3 is 11.5 Å². The summed E-state index contributed by atoms with van der Waals surface area (Å²) >= 11 is 0. The number of carbonyl (C=O) groups excluding carboxylic acids is 1. The first-order chi connectivity index (χ1) is 4.20. The summed E-state index contributed by atoms with van der Waals surface area (Å²) in [5.41, 5.74) is 10.6. The quantitative estimate of drug-likeness (QED) is 0.574. The Morgan fingerprint density at radius 1 is 1.40 bits per heavy atom. The molecule has 2 atom stereocenters. The number of amides is 1. The third kappa shape index (κ3) is 2.15. The molecule has 0 aromatic carbocycles. The molecular weight excluding hydrogens is 152 g/mol. The number of primary amides is 1. The van der Waals surface area contributed by atoms with Gasteiger partial charge in [-0.05, 0) is 19.3 Å². The van der Waals surface area contributed by atoms with E-state index in [4.69, 9.17) is 11.5 Å². The van der Waals surface area contributed by atoms with Gasteiger partial charge in [-0.3, -0.25) is 4.79 Å². The topological polar surface area (TPSA) is 69.1 Å². The van der Waals surface area contributed by atoms with Gasteiger partial charge >= 0.3 is 0 Å². The van der Waals surface area contributed by atoms with E-state index in [1.807, 2.05) is 0 Å². The molecule has 0 aromatic rings. The van der Waals surface area contributed by atoms with Crippen LogP contribution in [0.2, 0.25) is 0 Å². The van der Waals surface area contributed by atoms with Gasteiger partial charge in [0.15, 0.2) is 0 Å². The smallest absolute Gasteiger partial charge is 0.220 e. The normalized spacial score (nSPS) is 31.3. The van der Waals surface area contributed by atoms with Crippen molar-refractivity contribution in [3.63, 3.8) is 0 Å². The molecular formula is C6H13ClN2O. The molecule has 3 nitrogen and oxygen atoms in total. The monoisotopic (exact) mass is 164 g/mol. The molecule has 0 saturated heterocycles. The minimum absolute atomic E-state index is 0. The lowest BCUT2D eigenvalue weighted by Gasteiger charge is -2.01. The Labute approximate surface area is 66.6 Å². The van der Waals surface area contributed by atoms with Crippen molar-refractivity contribution in [1.82, 2.24) is 0 Å². The van der Waals surface area contributed by atoms with Crippen molar-refractivity contribution in [2.45, 2.75) is 25.3 Å². The van der Waals surface area contributed by atoms with E-state index < -0.39 is 0 Å². The molecule has 1 aliphatic carbocycles. The van der Waals surface area contributed by atoms with Crippen molar-refractivity contribution in [3.8, 4) is 0 Å². The van der Waals surface area contributed by atoms with Crippen LogP contribution in [0.25, 0.3) is 0 Å². The van der Waals surface area contributed by atoms with Crippen molar-refractivity contribution >= 4 is 18.3 Å². The molecule has 1 aliphatic rings. The average molecular weight is 165 g/mol. The Hall–Kier alpha value is -0.280. The third-order valence-electron chi connectivity index (χ3n) is 1.88. The predicted octanol–water partition coefficient (Wildman–Crippen LogP) is 0.0209. The second-order valence-electron chi connectivity index (χ2n) is 2.67. The first-order valence-electron chi connectivity index (χ1n) is 3.25. The second-order valence-corrected chi connectivity index (χ2v) is 2.67. The summed E-state index contributed by atoms with van der Waals surface area (Å²) in [5.74, 6) is -0.136. The van der Waals surface area contributed by atoms with E-state index in [2.05, 4.69) is 0 Å². The van der Waals surface area contributed by atoms with Crippen LogP contribution >= 0.6 is 12.4 Å². The molecule has 60 valence electrons. The van der Waals surface area contributed by atoms with Crippen molar-refractivity contribution in [1.29, 1.82) is 0 Å². The van der Waals surface area contributed by atoms with Gasteiger partial charge in [-0.25, -0.2) is 0 Å². The Morgan fingerprint density at radius 2 is 2.00 bits per heavy atom. The fourth-order valence-electron chi connectivity index (χ4n) is 1.27. The fraction of sp³-hybridized carbons (Fsp3) is 0.833.